The van der Waals surface area contributed by atoms with Gasteiger partial charge in [-0.05, 0) is 30.5 Å². The molecule has 5 nitrogen and oxygen atoms in total. The molecule has 4 N–H and O–H groups in total. The van der Waals surface area contributed by atoms with Gasteiger partial charge in [0.1, 0.15) is 0 Å². The number of hydrogen-bond acceptors (Lipinski definition) is 4. The summed E-state index contributed by atoms with van der Waals surface area (Å²) in [7, 11) is 3.42. The minimum Gasteiger partial charge on any atom is -0.397 e. The molecule has 0 spiro atoms. The Hall–Kier alpha value is -1.75. The number of nitrogens with zero attached hydrogens (tertiary/aromatic N) is 1. The molecule has 1 aromatic carbocycles. The highest BCUT2D eigenvalue weighted by Gasteiger charge is 2.15. The number of hydrogen-bond donors (Lipinski definition) is 3. The highest BCUT2D eigenvalue weighted by atomic mass is 16.3. The maximum absolute atomic E-state index is 11.9. The van der Waals surface area contributed by atoms with Crippen LogP contribution in [0.1, 0.15) is 30.6 Å². The Labute approximate surface area is 120 Å². The Bertz CT molecular complexity index is 458. The summed E-state index contributed by atoms with van der Waals surface area (Å²) < 4.78 is 0. The van der Waals surface area contributed by atoms with Crippen LogP contribution in [-0.4, -0.2) is 42.7 Å². The van der Waals surface area contributed by atoms with Crippen LogP contribution in [0.4, 0.5) is 11.4 Å². The highest BCUT2D eigenvalue weighted by Crippen LogP contribution is 2.23. The fraction of sp³-hybridized carbons (Fsp3) is 0.533. The molecule has 0 aromatic heterocycles. The fourth-order valence-electron chi connectivity index (χ4n) is 2.00. The summed E-state index contributed by atoms with van der Waals surface area (Å²) in [4.78, 5) is 13.4. The first-order valence-corrected chi connectivity index (χ1v) is 6.85. The van der Waals surface area contributed by atoms with Crippen LogP contribution < -0.4 is 11.1 Å². The summed E-state index contributed by atoms with van der Waals surface area (Å²) in [6, 6.07) is 5.41. The summed E-state index contributed by atoms with van der Waals surface area (Å²) in [5.41, 5.74) is 7.92. The maximum Gasteiger partial charge on any atom is 0.253 e. The van der Waals surface area contributed by atoms with Gasteiger partial charge in [0, 0.05) is 32.3 Å². The van der Waals surface area contributed by atoms with E-state index in [9.17, 15) is 4.79 Å². The molecule has 1 amide bonds. The lowest BCUT2D eigenvalue weighted by molar-refractivity contribution is 0.0827. The van der Waals surface area contributed by atoms with Gasteiger partial charge in [-0.15, -0.1) is 0 Å². The summed E-state index contributed by atoms with van der Waals surface area (Å²) in [5, 5.41) is 12.4. The van der Waals surface area contributed by atoms with Gasteiger partial charge in [0.25, 0.3) is 5.91 Å². The standard InChI is InChI=1S/C15H25N3O2/c1-10(2)13(7-8-19)17-14-6-5-11(9-12(14)16)15(20)18(3)4/h5-6,9-10,13,17,19H,7-8,16H2,1-4H3. The van der Waals surface area contributed by atoms with Gasteiger partial charge in [0.2, 0.25) is 0 Å². The SMILES string of the molecule is CC(C)C(CCO)Nc1ccc(C(=O)N(C)C)cc1N. The molecule has 0 aliphatic carbocycles. The second-order valence-corrected chi connectivity index (χ2v) is 5.51. The van der Waals surface area contributed by atoms with Crippen LogP contribution in [0.3, 0.4) is 0 Å². The van der Waals surface area contributed by atoms with Crippen molar-refractivity contribution in [3.8, 4) is 0 Å². The zero-order chi connectivity index (χ0) is 15.3. The quantitative estimate of drug-likeness (QED) is 0.694. The van der Waals surface area contributed by atoms with Crippen LogP contribution in [0.15, 0.2) is 18.2 Å². The summed E-state index contributed by atoms with van der Waals surface area (Å²) >= 11 is 0. The van der Waals surface area contributed by atoms with E-state index in [-0.39, 0.29) is 18.6 Å². The highest BCUT2D eigenvalue weighted by molar-refractivity contribution is 5.95. The molecule has 0 saturated carbocycles. The number of anilines is 2. The summed E-state index contributed by atoms with van der Waals surface area (Å²) in [6.45, 7) is 4.31. The van der Waals surface area contributed by atoms with Crippen molar-refractivity contribution in [3.05, 3.63) is 23.8 Å². The number of aliphatic hydroxyl groups excluding tert-OH is 1. The van der Waals surface area contributed by atoms with E-state index < -0.39 is 0 Å². The maximum atomic E-state index is 11.9. The lowest BCUT2D eigenvalue weighted by Crippen LogP contribution is -2.27. The third-order valence-electron chi connectivity index (χ3n) is 3.29. The van der Waals surface area contributed by atoms with Gasteiger partial charge in [-0.25, -0.2) is 0 Å². The van der Waals surface area contributed by atoms with E-state index in [0.717, 1.165) is 5.69 Å². The number of aliphatic hydroxyl groups is 1. The lowest BCUT2D eigenvalue weighted by atomic mass is 10.0. The number of nitrogen functional groups attached to an aromatic ring is 1. The molecule has 1 rings (SSSR count). The lowest BCUT2D eigenvalue weighted by Gasteiger charge is -2.24. The number of amides is 1. The van der Waals surface area contributed by atoms with Gasteiger partial charge < -0.3 is 21.1 Å². The molecule has 0 bridgehead atoms. The zero-order valence-electron chi connectivity index (χ0n) is 12.7. The predicted molar refractivity (Wildman–Crippen MR) is 82.8 cm³/mol. The summed E-state index contributed by atoms with van der Waals surface area (Å²) in [6.07, 6.45) is 0.662. The average molecular weight is 279 g/mol. The van der Waals surface area contributed by atoms with Gasteiger partial charge in [-0.2, -0.15) is 0 Å². The minimum atomic E-state index is -0.0704. The van der Waals surface area contributed by atoms with Crippen molar-refractivity contribution < 1.29 is 9.90 Å². The third-order valence-corrected chi connectivity index (χ3v) is 3.29. The molecule has 1 unspecified atom stereocenters. The van der Waals surface area contributed by atoms with Crippen molar-refractivity contribution in [1.82, 2.24) is 4.90 Å². The molecular weight excluding hydrogens is 254 g/mol. The average Bonchev–Trinajstić information content (AvgIpc) is 2.38. The molecule has 0 heterocycles. The zero-order valence-corrected chi connectivity index (χ0v) is 12.7. The topological polar surface area (TPSA) is 78.6 Å². The molecule has 1 aromatic rings. The van der Waals surface area contributed by atoms with E-state index in [1.54, 1.807) is 26.2 Å². The van der Waals surface area contributed by atoms with Crippen LogP contribution in [0.5, 0.6) is 0 Å². The number of carbonyl (C=O) groups excluding carboxylic acids is 1. The molecule has 0 fully saturated rings. The van der Waals surface area contributed by atoms with E-state index in [4.69, 9.17) is 10.8 Å². The molecule has 5 heteroatoms. The summed E-state index contributed by atoms with van der Waals surface area (Å²) in [5.74, 6) is 0.309. The Balaban J connectivity index is 2.90. The molecule has 20 heavy (non-hydrogen) atoms. The van der Waals surface area contributed by atoms with Crippen LogP contribution in [0, 0.1) is 5.92 Å². The van der Waals surface area contributed by atoms with Crippen LogP contribution in [-0.2, 0) is 0 Å². The normalized spacial score (nSPS) is 12.3. The van der Waals surface area contributed by atoms with Gasteiger partial charge in [0.05, 0.1) is 11.4 Å². The molecule has 0 aliphatic heterocycles. The van der Waals surface area contributed by atoms with Gasteiger partial charge in [-0.1, -0.05) is 13.8 Å². The van der Waals surface area contributed by atoms with Crippen molar-refractivity contribution in [2.45, 2.75) is 26.3 Å². The number of carbonyl (C=O) groups is 1. The van der Waals surface area contributed by atoms with Crippen molar-refractivity contribution in [1.29, 1.82) is 0 Å². The first-order valence-electron chi connectivity index (χ1n) is 6.85. The predicted octanol–water partition coefficient (Wildman–Crippen LogP) is 1.79. The van der Waals surface area contributed by atoms with Crippen LogP contribution >= 0.6 is 0 Å². The van der Waals surface area contributed by atoms with Gasteiger partial charge >= 0.3 is 0 Å². The first-order chi connectivity index (χ1) is 9.36. The molecule has 112 valence electrons. The Kier molecular flexibility index (Phi) is 5.82. The van der Waals surface area contributed by atoms with Crippen molar-refractivity contribution in [2.24, 2.45) is 5.92 Å². The minimum absolute atomic E-state index is 0.0704. The molecule has 0 aliphatic rings. The monoisotopic (exact) mass is 279 g/mol. The third kappa shape index (κ3) is 4.13. The van der Waals surface area contributed by atoms with Crippen LogP contribution in [0.2, 0.25) is 0 Å². The molecule has 0 radical (unpaired) electrons. The van der Waals surface area contributed by atoms with Gasteiger partial charge in [0.15, 0.2) is 0 Å². The molecular formula is C15H25N3O2. The van der Waals surface area contributed by atoms with Crippen molar-refractivity contribution >= 4 is 17.3 Å². The van der Waals surface area contributed by atoms with E-state index in [0.29, 0.717) is 23.6 Å². The Morgan fingerprint density at radius 1 is 1.40 bits per heavy atom. The number of nitrogens with one attached hydrogen (secondary N) is 1. The van der Waals surface area contributed by atoms with E-state index in [1.807, 2.05) is 6.07 Å². The molecule has 0 saturated heterocycles. The van der Waals surface area contributed by atoms with E-state index >= 15 is 0 Å². The number of nitrogens with two attached hydrogens (primary N) is 1. The number of rotatable bonds is 6. The first kappa shape index (κ1) is 16.3. The van der Waals surface area contributed by atoms with E-state index in [2.05, 4.69) is 19.2 Å². The van der Waals surface area contributed by atoms with Gasteiger partial charge in [-0.3, -0.25) is 4.79 Å². The van der Waals surface area contributed by atoms with Crippen molar-refractivity contribution in [3.63, 3.8) is 0 Å². The Morgan fingerprint density at radius 2 is 2.05 bits per heavy atom. The Morgan fingerprint density at radius 3 is 2.50 bits per heavy atom. The molecule has 1 atom stereocenters. The second-order valence-electron chi connectivity index (χ2n) is 5.51. The second kappa shape index (κ2) is 7.14. The van der Waals surface area contributed by atoms with E-state index in [1.165, 1.54) is 4.90 Å². The number of benzene rings is 1. The smallest absolute Gasteiger partial charge is 0.253 e. The fourth-order valence-corrected chi connectivity index (χ4v) is 2.00. The van der Waals surface area contributed by atoms with Crippen molar-refractivity contribution in [2.75, 3.05) is 31.8 Å². The largest absolute Gasteiger partial charge is 0.397 e. The van der Waals surface area contributed by atoms with Crippen LogP contribution in [0.25, 0.3) is 0 Å².